The van der Waals surface area contributed by atoms with Crippen LogP contribution in [0.15, 0.2) is 19.0 Å². The van der Waals surface area contributed by atoms with Gasteiger partial charge in [-0.15, -0.1) is 11.7 Å². The van der Waals surface area contributed by atoms with E-state index >= 15 is 0 Å². The number of aryl methyl sites for hydroxylation is 1. The van der Waals surface area contributed by atoms with Crippen molar-refractivity contribution in [1.82, 2.24) is 20.2 Å². The van der Waals surface area contributed by atoms with Crippen molar-refractivity contribution in [3.63, 3.8) is 0 Å². The lowest BCUT2D eigenvalue weighted by Gasteiger charge is -2.02. The van der Waals surface area contributed by atoms with E-state index in [1.165, 1.54) is 12.4 Å². The summed E-state index contributed by atoms with van der Waals surface area (Å²) in [5.41, 5.74) is 0. The van der Waals surface area contributed by atoms with Gasteiger partial charge < -0.3 is 5.11 Å². The molecule has 0 spiro atoms. The Hall–Kier alpha value is -1.23. The predicted octanol–water partition coefficient (Wildman–Crippen LogP) is -0.390. The van der Waals surface area contributed by atoms with Gasteiger partial charge in [0.25, 0.3) is 0 Å². The predicted molar refractivity (Wildman–Crippen MR) is 38.6 cm³/mol. The Morgan fingerprint density at radius 3 is 3.09 bits per heavy atom. The van der Waals surface area contributed by atoms with E-state index in [1.54, 1.807) is 4.68 Å². The van der Waals surface area contributed by atoms with Crippen molar-refractivity contribution in [3.05, 3.63) is 19.0 Å². The van der Waals surface area contributed by atoms with Crippen LogP contribution in [0.5, 0.6) is 0 Å². The van der Waals surface area contributed by atoms with Gasteiger partial charge >= 0.3 is 0 Å². The molecule has 0 aliphatic heterocycles. The summed E-state index contributed by atoms with van der Waals surface area (Å²) in [6.07, 6.45) is 3.12. The van der Waals surface area contributed by atoms with Crippen LogP contribution in [-0.2, 0) is 6.54 Å². The number of aliphatic hydroxyl groups excluding tert-OH is 1. The van der Waals surface area contributed by atoms with Gasteiger partial charge in [0, 0.05) is 6.54 Å². The number of rotatable bonds is 4. The van der Waals surface area contributed by atoms with Gasteiger partial charge in [-0.1, -0.05) is 6.08 Å². The summed E-state index contributed by atoms with van der Waals surface area (Å²) in [5.74, 6) is 0. The van der Waals surface area contributed by atoms with Crippen LogP contribution in [0.2, 0.25) is 0 Å². The van der Waals surface area contributed by atoms with Crippen LogP contribution in [0.25, 0.3) is 0 Å². The number of hydrogen-bond acceptors (Lipinski definition) is 4. The van der Waals surface area contributed by atoms with Gasteiger partial charge in [0.05, 0.1) is 6.10 Å². The third-order valence-corrected chi connectivity index (χ3v) is 1.32. The fourth-order valence-corrected chi connectivity index (χ4v) is 0.665. The van der Waals surface area contributed by atoms with Crippen LogP contribution in [-0.4, -0.2) is 31.4 Å². The normalized spacial score (nSPS) is 12.8. The molecule has 1 unspecified atom stereocenters. The van der Waals surface area contributed by atoms with Crippen LogP contribution >= 0.6 is 0 Å². The summed E-state index contributed by atoms with van der Waals surface area (Å²) in [7, 11) is 0. The number of aliphatic hydroxyl groups is 1. The topological polar surface area (TPSA) is 63.8 Å². The fourth-order valence-electron chi connectivity index (χ4n) is 0.665. The molecule has 0 fully saturated rings. The van der Waals surface area contributed by atoms with E-state index in [-0.39, 0.29) is 0 Å². The average Bonchev–Trinajstić information content (AvgIpc) is 2.52. The first-order valence-corrected chi connectivity index (χ1v) is 3.34. The quantitative estimate of drug-likeness (QED) is 0.600. The maximum absolute atomic E-state index is 9.06. The third kappa shape index (κ3) is 2.46. The molecule has 0 saturated carbocycles. The third-order valence-electron chi connectivity index (χ3n) is 1.32. The van der Waals surface area contributed by atoms with E-state index in [2.05, 4.69) is 22.1 Å². The second-order valence-electron chi connectivity index (χ2n) is 2.16. The standard InChI is InChI=1S/C6H10N4O/c1-2-6(11)3-4-10-5-7-8-9-10/h2,5-6,11H,1,3-4H2. The molecule has 0 radical (unpaired) electrons. The summed E-state index contributed by atoms with van der Waals surface area (Å²) in [6, 6.07) is 0. The van der Waals surface area contributed by atoms with Gasteiger partial charge in [0.2, 0.25) is 0 Å². The highest BCUT2D eigenvalue weighted by atomic mass is 16.3. The van der Waals surface area contributed by atoms with E-state index in [1.807, 2.05) is 0 Å². The minimum Gasteiger partial charge on any atom is -0.389 e. The van der Waals surface area contributed by atoms with Crippen molar-refractivity contribution < 1.29 is 5.11 Å². The number of tetrazole rings is 1. The molecule has 5 heteroatoms. The van der Waals surface area contributed by atoms with Crippen LogP contribution in [0.3, 0.4) is 0 Å². The van der Waals surface area contributed by atoms with Gasteiger partial charge in [-0.05, 0) is 16.8 Å². The molecule has 0 aliphatic rings. The molecule has 0 aromatic carbocycles. The first-order chi connectivity index (χ1) is 5.33. The Balaban J connectivity index is 2.28. The van der Waals surface area contributed by atoms with Crippen molar-refractivity contribution in [2.75, 3.05) is 0 Å². The minimum absolute atomic E-state index is 0.473. The smallest absolute Gasteiger partial charge is 0.138 e. The van der Waals surface area contributed by atoms with Crippen molar-refractivity contribution >= 4 is 0 Å². The first-order valence-electron chi connectivity index (χ1n) is 3.34. The van der Waals surface area contributed by atoms with Crippen molar-refractivity contribution in [3.8, 4) is 0 Å². The lowest BCUT2D eigenvalue weighted by molar-refractivity contribution is 0.203. The summed E-state index contributed by atoms with van der Waals surface area (Å²) in [4.78, 5) is 0. The highest BCUT2D eigenvalue weighted by Gasteiger charge is 1.98. The lowest BCUT2D eigenvalue weighted by Crippen LogP contribution is -2.08. The lowest BCUT2D eigenvalue weighted by atomic mass is 10.2. The molecule has 1 atom stereocenters. The molecule has 0 bridgehead atoms. The molecule has 1 aromatic heterocycles. The Bertz CT molecular complexity index is 208. The van der Waals surface area contributed by atoms with E-state index in [0.717, 1.165) is 0 Å². The van der Waals surface area contributed by atoms with E-state index in [4.69, 9.17) is 5.11 Å². The average molecular weight is 154 g/mol. The Labute approximate surface area is 64.3 Å². The van der Waals surface area contributed by atoms with Crippen LogP contribution in [0.1, 0.15) is 6.42 Å². The second-order valence-corrected chi connectivity index (χ2v) is 2.16. The highest BCUT2D eigenvalue weighted by molar-refractivity contribution is 4.77. The summed E-state index contributed by atoms with van der Waals surface area (Å²) in [5, 5.41) is 19.6. The second kappa shape index (κ2) is 3.82. The molecule has 1 rings (SSSR count). The summed E-state index contributed by atoms with van der Waals surface area (Å²) >= 11 is 0. The Morgan fingerprint density at radius 1 is 1.73 bits per heavy atom. The monoisotopic (exact) mass is 154 g/mol. The van der Waals surface area contributed by atoms with Gasteiger partial charge in [0.15, 0.2) is 0 Å². The fraction of sp³-hybridized carbons (Fsp3) is 0.500. The highest BCUT2D eigenvalue weighted by Crippen LogP contribution is 1.93. The summed E-state index contributed by atoms with van der Waals surface area (Å²) in [6.45, 7) is 4.06. The maximum atomic E-state index is 9.06. The van der Waals surface area contributed by atoms with Gasteiger partial charge in [-0.2, -0.15) is 0 Å². The number of aromatic nitrogens is 4. The molecule has 5 nitrogen and oxygen atoms in total. The van der Waals surface area contributed by atoms with Crippen molar-refractivity contribution in [2.24, 2.45) is 0 Å². The molecule has 1 N–H and O–H groups in total. The molecule has 1 aromatic rings. The number of nitrogens with zero attached hydrogens (tertiary/aromatic N) is 4. The zero-order valence-electron chi connectivity index (χ0n) is 6.09. The van der Waals surface area contributed by atoms with Gasteiger partial charge in [-0.3, -0.25) is 0 Å². The van der Waals surface area contributed by atoms with Crippen molar-refractivity contribution in [2.45, 2.75) is 19.1 Å². The molecular formula is C6H10N4O. The van der Waals surface area contributed by atoms with Crippen LogP contribution in [0, 0.1) is 0 Å². The summed E-state index contributed by atoms with van der Waals surface area (Å²) < 4.78 is 1.56. The van der Waals surface area contributed by atoms with E-state index in [0.29, 0.717) is 13.0 Å². The molecule has 11 heavy (non-hydrogen) atoms. The molecule has 1 heterocycles. The van der Waals surface area contributed by atoms with E-state index in [9.17, 15) is 0 Å². The van der Waals surface area contributed by atoms with Crippen LogP contribution in [0.4, 0.5) is 0 Å². The molecule has 0 saturated heterocycles. The van der Waals surface area contributed by atoms with Crippen molar-refractivity contribution in [1.29, 1.82) is 0 Å². The SMILES string of the molecule is C=CC(O)CCn1cnnn1. The Morgan fingerprint density at radius 2 is 2.55 bits per heavy atom. The molecule has 0 aliphatic carbocycles. The number of hydrogen-bond donors (Lipinski definition) is 1. The van der Waals surface area contributed by atoms with Gasteiger partial charge in [0.1, 0.15) is 6.33 Å². The zero-order valence-corrected chi connectivity index (χ0v) is 6.09. The van der Waals surface area contributed by atoms with Crippen LogP contribution < -0.4 is 0 Å². The largest absolute Gasteiger partial charge is 0.389 e. The maximum Gasteiger partial charge on any atom is 0.138 e. The minimum atomic E-state index is -0.473. The molecule has 60 valence electrons. The molecular weight excluding hydrogens is 144 g/mol. The Kier molecular flexibility index (Phi) is 2.74. The van der Waals surface area contributed by atoms with E-state index < -0.39 is 6.10 Å². The zero-order chi connectivity index (χ0) is 8.10. The van der Waals surface area contributed by atoms with Gasteiger partial charge in [-0.25, -0.2) is 4.68 Å². The molecule has 0 amide bonds. The first kappa shape index (κ1) is 7.87.